The number of methoxy groups -OCH3 is 1. The largest absolute Gasteiger partial charge is 0.497 e. The van der Waals surface area contributed by atoms with Crippen LogP contribution in [0.15, 0.2) is 18.2 Å². The molecular formula is C15H20O3. The molecule has 2 aliphatic rings. The lowest BCUT2D eigenvalue weighted by Crippen LogP contribution is -2.47. The van der Waals surface area contributed by atoms with Gasteiger partial charge in [0, 0.05) is 18.1 Å². The summed E-state index contributed by atoms with van der Waals surface area (Å²) in [6.07, 6.45) is 2.43. The van der Waals surface area contributed by atoms with E-state index in [1.807, 2.05) is 18.2 Å². The van der Waals surface area contributed by atoms with Crippen LogP contribution in [0.1, 0.15) is 38.4 Å². The van der Waals surface area contributed by atoms with Crippen molar-refractivity contribution in [3.63, 3.8) is 0 Å². The van der Waals surface area contributed by atoms with Gasteiger partial charge in [0.05, 0.1) is 13.2 Å². The molecule has 0 amide bonds. The molecule has 0 aliphatic carbocycles. The lowest BCUT2D eigenvalue weighted by atomic mass is 9.76. The Morgan fingerprint density at radius 2 is 2.17 bits per heavy atom. The second kappa shape index (κ2) is 4.16. The maximum atomic E-state index is 6.15. The summed E-state index contributed by atoms with van der Waals surface area (Å²) in [5.41, 5.74) is 0.977. The number of hydrogen-bond donors (Lipinski definition) is 0. The van der Waals surface area contributed by atoms with Gasteiger partial charge in [-0.25, -0.2) is 0 Å². The molecule has 0 radical (unpaired) electrons. The average molecular weight is 248 g/mol. The molecule has 1 saturated heterocycles. The van der Waals surface area contributed by atoms with E-state index in [1.54, 1.807) is 7.11 Å². The Balaban J connectivity index is 2.06. The number of ether oxygens (including phenoxy) is 3. The quantitative estimate of drug-likeness (QED) is 0.763. The second-order valence-electron chi connectivity index (χ2n) is 5.65. The normalized spacial score (nSPS) is 28.8. The fraction of sp³-hybridized carbons (Fsp3) is 0.600. The molecule has 1 aromatic rings. The van der Waals surface area contributed by atoms with E-state index in [0.29, 0.717) is 5.92 Å². The molecule has 1 aromatic carbocycles. The Labute approximate surface area is 108 Å². The minimum Gasteiger partial charge on any atom is -0.497 e. The topological polar surface area (TPSA) is 27.7 Å². The Bertz CT molecular complexity index is 453. The van der Waals surface area contributed by atoms with Gasteiger partial charge in [-0.1, -0.05) is 0 Å². The van der Waals surface area contributed by atoms with E-state index in [9.17, 15) is 0 Å². The molecule has 3 heteroatoms. The first kappa shape index (κ1) is 11.8. The van der Waals surface area contributed by atoms with Gasteiger partial charge in [0.15, 0.2) is 0 Å². The van der Waals surface area contributed by atoms with Gasteiger partial charge in [0.2, 0.25) is 0 Å². The Morgan fingerprint density at radius 1 is 1.33 bits per heavy atom. The molecule has 3 rings (SSSR count). The maximum absolute atomic E-state index is 6.15. The first-order valence-corrected chi connectivity index (χ1v) is 6.60. The molecule has 2 aliphatic heterocycles. The zero-order valence-electron chi connectivity index (χ0n) is 11.2. The van der Waals surface area contributed by atoms with Crippen LogP contribution in [0.2, 0.25) is 0 Å². The summed E-state index contributed by atoms with van der Waals surface area (Å²) < 4.78 is 17.5. The molecular weight excluding hydrogens is 228 g/mol. The molecule has 0 spiro atoms. The summed E-state index contributed by atoms with van der Waals surface area (Å²) in [6, 6.07) is 5.98. The van der Waals surface area contributed by atoms with Crippen molar-refractivity contribution >= 4 is 0 Å². The predicted octanol–water partition coefficient (Wildman–Crippen LogP) is 3.33. The first-order chi connectivity index (χ1) is 8.62. The monoisotopic (exact) mass is 248 g/mol. The number of hydrogen-bond acceptors (Lipinski definition) is 3. The zero-order valence-corrected chi connectivity index (χ0v) is 11.2. The lowest BCUT2D eigenvalue weighted by Gasteiger charge is -2.47. The third-order valence-corrected chi connectivity index (χ3v) is 4.11. The summed E-state index contributed by atoms with van der Waals surface area (Å²) in [7, 11) is 1.69. The van der Waals surface area contributed by atoms with E-state index >= 15 is 0 Å². The standard InChI is InChI=1S/C15H20O3/c1-15(2)12-5-4-8-17-14(12)11-9-10(16-3)6-7-13(11)18-15/h6-7,9,12,14H,4-5,8H2,1-3H3/t12-,14+/m0/s1. The van der Waals surface area contributed by atoms with Crippen molar-refractivity contribution in [2.45, 2.75) is 38.4 Å². The molecule has 0 saturated carbocycles. The van der Waals surface area contributed by atoms with Crippen molar-refractivity contribution in [2.75, 3.05) is 13.7 Å². The maximum Gasteiger partial charge on any atom is 0.126 e. The van der Waals surface area contributed by atoms with E-state index in [4.69, 9.17) is 14.2 Å². The molecule has 0 bridgehead atoms. The number of benzene rings is 1. The van der Waals surface area contributed by atoms with Crippen molar-refractivity contribution in [1.29, 1.82) is 0 Å². The van der Waals surface area contributed by atoms with Gasteiger partial charge in [-0.3, -0.25) is 0 Å². The summed E-state index contributed by atoms with van der Waals surface area (Å²) in [6.45, 7) is 5.16. The third-order valence-electron chi connectivity index (χ3n) is 4.11. The van der Waals surface area contributed by atoms with Crippen LogP contribution < -0.4 is 9.47 Å². The van der Waals surface area contributed by atoms with Crippen LogP contribution in [0, 0.1) is 5.92 Å². The SMILES string of the molecule is COc1ccc2c(c1)[C@H]1OCCC[C@@H]1C(C)(C)O2. The van der Waals surface area contributed by atoms with E-state index in [0.717, 1.165) is 36.5 Å². The summed E-state index contributed by atoms with van der Waals surface area (Å²) in [5.74, 6) is 2.22. The van der Waals surface area contributed by atoms with Crippen LogP contribution in [-0.4, -0.2) is 19.3 Å². The second-order valence-corrected chi connectivity index (χ2v) is 5.65. The predicted molar refractivity (Wildman–Crippen MR) is 69.1 cm³/mol. The highest BCUT2D eigenvalue weighted by Gasteiger charge is 2.45. The fourth-order valence-electron chi connectivity index (χ4n) is 3.13. The van der Waals surface area contributed by atoms with Gasteiger partial charge in [-0.05, 0) is 44.9 Å². The third kappa shape index (κ3) is 1.77. The van der Waals surface area contributed by atoms with Crippen molar-refractivity contribution in [2.24, 2.45) is 5.92 Å². The Kier molecular flexibility index (Phi) is 2.74. The van der Waals surface area contributed by atoms with Crippen molar-refractivity contribution in [3.8, 4) is 11.5 Å². The van der Waals surface area contributed by atoms with Crippen LogP contribution in [0.3, 0.4) is 0 Å². The highest BCUT2D eigenvalue weighted by atomic mass is 16.5. The lowest BCUT2D eigenvalue weighted by molar-refractivity contribution is -0.116. The fourth-order valence-corrected chi connectivity index (χ4v) is 3.13. The minimum atomic E-state index is -0.160. The molecule has 0 N–H and O–H groups in total. The van der Waals surface area contributed by atoms with Crippen molar-refractivity contribution in [3.05, 3.63) is 23.8 Å². The smallest absolute Gasteiger partial charge is 0.126 e. The number of rotatable bonds is 1. The average Bonchev–Trinajstić information content (AvgIpc) is 2.38. The molecule has 3 nitrogen and oxygen atoms in total. The molecule has 1 fully saturated rings. The van der Waals surface area contributed by atoms with Crippen LogP contribution in [0.4, 0.5) is 0 Å². The summed E-state index contributed by atoms with van der Waals surface area (Å²) in [5, 5.41) is 0. The highest BCUT2D eigenvalue weighted by Crippen LogP contribution is 2.49. The van der Waals surface area contributed by atoms with E-state index in [2.05, 4.69) is 13.8 Å². The zero-order chi connectivity index (χ0) is 12.8. The molecule has 0 aromatic heterocycles. The van der Waals surface area contributed by atoms with E-state index in [1.165, 1.54) is 0 Å². The van der Waals surface area contributed by atoms with Gasteiger partial charge in [-0.15, -0.1) is 0 Å². The van der Waals surface area contributed by atoms with Gasteiger partial charge >= 0.3 is 0 Å². The summed E-state index contributed by atoms with van der Waals surface area (Å²) in [4.78, 5) is 0. The molecule has 98 valence electrons. The first-order valence-electron chi connectivity index (χ1n) is 6.60. The van der Waals surface area contributed by atoms with Gasteiger partial charge in [0.25, 0.3) is 0 Å². The Morgan fingerprint density at radius 3 is 2.94 bits per heavy atom. The van der Waals surface area contributed by atoms with Crippen LogP contribution in [0.5, 0.6) is 11.5 Å². The van der Waals surface area contributed by atoms with Crippen LogP contribution in [-0.2, 0) is 4.74 Å². The van der Waals surface area contributed by atoms with Crippen molar-refractivity contribution < 1.29 is 14.2 Å². The minimum absolute atomic E-state index is 0.146. The van der Waals surface area contributed by atoms with E-state index in [-0.39, 0.29) is 11.7 Å². The molecule has 0 unspecified atom stereocenters. The van der Waals surface area contributed by atoms with Crippen LogP contribution >= 0.6 is 0 Å². The molecule has 2 heterocycles. The van der Waals surface area contributed by atoms with Gasteiger partial charge in [-0.2, -0.15) is 0 Å². The van der Waals surface area contributed by atoms with Gasteiger partial charge < -0.3 is 14.2 Å². The van der Waals surface area contributed by atoms with Crippen molar-refractivity contribution in [1.82, 2.24) is 0 Å². The number of fused-ring (bicyclic) bond motifs is 3. The molecule has 2 atom stereocenters. The highest BCUT2D eigenvalue weighted by molar-refractivity contribution is 5.44. The summed E-state index contributed by atoms with van der Waals surface area (Å²) >= 11 is 0. The van der Waals surface area contributed by atoms with Gasteiger partial charge in [0.1, 0.15) is 17.1 Å². The van der Waals surface area contributed by atoms with Crippen LogP contribution in [0.25, 0.3) is 0 Å². The molecule has 18 heavy (non-hydrogen) atoms. The Hall–Kier alpha value is -1.22. The van der Waals surface area contributed by atoms with E-state index < -0.39 is 0 Å².